The van der Waals surface area contributed by atoms with Gasteiger partial charge in [0.05, 0.1) is 25.1 Å². The summed E-state index contributed by atoms with van der Waals surface area (Å²) in [5.74, 6) is 1.62. The van der Waals surface area contributed by atoms with E-state index in [0.29, 0.717) is 23.6 Å². The van der Waals surface area contributed by atoms with Crippen LogP contribution in [0.3, 0.4) is 0 Å². The highest BCUT2D eigenvalue weighted by Crippen LogP contribution is 2.28. The molecule has 0 bridgehead atoms. The molecule has 0 aliphatic rings. The Morgan fingerprint density at radius 2 is 1.63 bits per heavy atom. The second-order valence-corrected chi connectivity index (χ2v) is 10.2. The second kappa shape index (κ2) is 11.3. The molecule has 0 spiro atoms. The van der Waals surface area contributed by atoms with Gasteiger partial charge in [0.15, 0.2) is 0 Å². The third kappa shape index (κ3) is 6.54. The van der Waals surface area contributed by atoms with Crippen molar-refractivity contribution in [3.8, 4) is 17.2 Å². The quantitative estimate of drug-likeness (QED) is 0.416. The second-order valence-electron chi connectivity index (χ2n) is 8.34. The van der Waals surface area contributed by atoms with Gasteiger partial charge in [-0.25, -0.2) is 8.42 Å². The van der Waals surface area contributed by atoms with Crippen LogP contribution in [0.1, 0.15) is 37.4 Å². The van der Waals surface area contributed by atoms with Crippen LogP contribution in [0.25, 0.3) is 0 Å². The Labute approximate surface area is 207 Å². The first kappa shape index (κ1) is 26.1. The number of nitrogens with one attached hydrogen (secondary N) is 1. The smallest absolute Gasteiger partial charge is 0.244 e. The summed E-state index contributed by atoms with van der Waals surface area (Å²) in [4.78, 5) is 13.2. The largest absolute Gasteiger partial charge is 0.496 e. The molecule has 0 fully saturated rings. The number of para-hydroxylation sites is 1. The van der Waals surface area contributed by atoms with Crippen LogP contribution in [0.4, 0.5) is 5.69 Å². The molecule has 3 rings (SSSR count). The van der Waals surface area contributed by atoms with Crippen LogP contribution in [0.5, 0.6) is 17.2 Å². The number of carbonyl (C=O) groups is 1. The number of sulfonamides is 1. The van der Waals surface area contributed by atoms with Crippen molar-refractivity contribution in [3.05, 3.63) is 83.9 Å². The Balaban J connectivity index is 1.79. The van der Waals surface area contributed by atoms with Gasteiger partial charge in [-0.3, -0.25) is 9.10 Å². The highest BCUT2D eigenvalue weighted by molar-refractivity contribution is 7.92. The minimum atomic E-state index is -3.74. The fraction of sp³-hybridized carbons (Fsp3) is 0.296. The van der Waals surface area contributed by atoms with Crippen LogP contribution in [0.2, 0.25) is 0 Å². The zero-order valence-corrected chi connectivity index (χ0v) is 21.5. The topological polar surface area (TPSA) is 84.9 Å². The fourth-order valence-electron chi connectivity index (χ4n) is 3.93. The number of benzene rings is 3. The summed E-state index contributed by atoms with van der Waals surface area (Å²) in [6.45, 7) is 5.49. The number of hydrogen-bond acceptors (Lipinski definition) is 5. The maximum absolute atomic E-state index is 13.2. The Bertz CT molecular complexity index is 1240. The van der Waals surface area contributed by atoms with Crippen LogP contribution in [0, 0.1) is 6.92 Å². The molecular formula is C27H32N2O5S. The lowest BCUT2D eigenvalue weighted by molar-refractivity contribution is -0.122. The molecule has 1 N–H and O–H groups in total. The van der Waals surface area contributed by atoms with Gasteiger partial charge >= 0.3 is 0 Å². The Morgan fingerprint density at radius 3 is 2.17 bits per heavy atom. The molecule has 186 valence electrons. The first-order valence-electron chi connectivity index (χ1n) is 11.4. The monoisotopic (exact) mass is 496 g/mol. The van der Waals surface area contributed by atoms with E-state index in [1.807, 2.05) is 62.4 Å². The molecule has 0 unspecified atom stereocenters. The molecule has 3 aromatic rings. The minimum Gasteiger partial charge on any atom is -0.496 e. The third-order valence-corrected chi connectivity index (χ3v) is 6.95. The summed E-state index contributed by atoms with van der Waals surface area (Å²) >= 11 is 0. The Kier molecular flexibility index (Phi) is 8.40. The van der Waals surface area contributed by atoms with Crippen molar-refractivity contribution >= 4 is 21.6 Å². The lowest BCUT2D eigenvalue weighted by Crippen LogP contribution is -2.48. The average Bonchev–Trinajstić information content (AvgIpc) is 2.83. The minimum absolute atomic E-state index is 0.266. The first-order valence-corrected chi connectivity index (χ1v) is 13.3. The normalized spacial score (nSPS) is 12.9. The number of nitrogens with zero attached hydrogens (tertiary/aromatic N) is 1. The summed E-state index contributed by atoms with van der Waals surface area (Å²) in [6.07, 6.45) is 1.74. The van der Waals surface area contributed by atoms with Crippen LogP contribution in [-0.2, 0) is 14.8 Å². The van der Waals surface area contributed by atoms with Gasteiger partial charge in [-0.2, -0.15) is 0 Å². The van der Waals surface area contributed by atoms with E-state index in [0.717, 1.165) is 27.4 Å². The maximum Gasteiger partial charge on any atom is 0.244 e. The van der Waals surface area contributed by atoms with Gasteiger partial charge in [0.2, 0.25) is 15.9 Å². The van der Waals surface area contributed by atoms with Crippen molar-refractivity contribution in [1.82, 2.24) is 5.32 Å². The van der Waals surface area contributed by atoms with Crippen molar-refractivity contribution in [2.75, 3.05) is 17.7 Å². The summed E-state index contributed by atoms with van der Waals surface area (Å²) < 4.78 is 37.6. The molecule has 8 heteroatoms. The molecule has 0 aromatic heterocycles. The van der Waals surface area contributed by atoms with E-state index < -0.39 is 16.1 Å². The van der Waals surface area contributed by atoms with Gasteiger partial charge in [-0.15, -0.1) is 0 Å². The number of hydrogen-bond donors (Lipinski definition) is 1. The highest BCUT2D eigenvalue weighted by atomic mass is 32.2. The molecule has 0 saturated carbocycles. The molecule has 7 nitrogen and oxygen atoms in total. The van der Waals surface area contributed by atoms with E-state index in [-0.39, 0.29) is 11.9 Å². The summed E-state index contributed by atoms with van der Waals surface area (Å²) in [7, 11) is -2.13. The number of aryl methyl sites for hydroxylation is 1. The van der Waals surface area contributed by atoms with Gasteiger partial charge in [-0.05, 0) is 73.9 Å². The van der Waals surface area contributed by atoms with Crippen molar-refractivity contribution < 1.29 is 22.7 Å². The highest BCUT2D eigenvalue weighted by Gasteiger charge is 2.30. The predicted molar refractivity (Wildman–Crippen MR) is 139 cm³/mol. The van der Waals surface area contributed by atoms with E-state index in [4.69, 9.17) is 9.47 Å². The van der Waals surface area contributed by atoms with E-state index in [2.05, 4.69) is 5.32 Å². The van der Waals surface area contributed by atoms with E-state index in [1.54, 1.807) is 38.3 Å². The summed E-state index contributed by atoms with van der Waals surface area (Å²) in [6, 6.07) is 20.4. The number of carbonyl (C=O) groups excluding carboxylic acids is 1. The molecule has 0 saturated heterocycles. The Morgan fingerprint density at radius 1 is 1.00 bits per heavy atom. The number of ether oxygens (including phenoxy) is 2. The van der Waals surface area contributed by atoms with Gasteiger partial charge in [0, 0.05) is 0 Å². The van der Waals surface area contributed by atoms with Crippen molar-refractivity contribution in [2.45, 2.75) is 39.3 Å². The summed E-state index contributed by atoms with van der Waals surface area (Å²) in [5.41, 5.74) is 2.27. The van der Waals surface area contributed by atoms with Crippen LogP contribution >= 0.6 is 0 Å². The van der Waals surface area contributed by atoms with Gasteiger partial charge in [0.25, 0.3) is 0 Å². The maximum atomic E-state index is 13.2. The number of amides is 1. The van der Waals surface area contributed by atoms with Gasteiger partial charge in [0.1, 0.15) is 23.3 Å². The predicted octanol–water partition coefficient (Wildman–Crippen LogP) is 5.22. The molecule has 3 aromatic carbocycles. The van der Waals surface area contributed by atoms with Crippen molar-refractivity contribution in [3.63, 3.8) is 0 Å². The Hall–Kier alpha value is -3.52. The van der Waals surface area contributed by atoms with E-state index in [9.17, 15) is 13.2 Å². The zero-order chi connectivity index (χ0) is 25.6. The standard InChI is InChI=1S/C27H32N2O5S/c1-6-25(21-12-17-26(33-4)19(2)18-21)28-27(30)20(3)29(35(5,31)32)22-13-15-24(16-14-22)34-23-10-8-7-9-11-23/h7-18,20,25H,6H2,1-5H3,(H,28,30)/t20-,25-/m1/s1. The molecule has 0 radical (unpaired) electrons. The van der Waals surface area contributed by atoms with Crippen molar-refractivity contribution in [1.29, 1.82) is 0 Å². The SMILES string of the molecule is CC[C@@H](NC(=O)[C@@H](C)N(c1ccc(Oc2ccccc2)cc1)S(C)(=O)=O)c1ccc(OC)c(C)c1. The number of anilines is 1. The van der Waals surface area contributed by atoms with Crippen LogP contribution < -0.4 is 19.1 Å². The van der Waals surface area contributed by atoms with Crippen molar-refractivity contribution in [2.24, 2.45) is 0 Å². The lowest BCUT2D eigenvalue weighted by atomic mass is 10.0. The number of methoxy groups -OCH3 is 1. The van der Waals surface area contributed by atoms with Crippen LogP contribution in [0.15, 0.2) is 72.8 Å². The molecule has 1 amide bonds. The number of rotatable bonds is 10. The summed E-state index contributed by atoms with van der Waals surface area (Å²) in [5, 5.41) is 3.00. The molecule has 0 aliphatic carbocycles. The van der Waals surface area contributed by atoms with Gasteiger partial charge in [-0.1, -0.05) is 37.3 Å². The lowest BCUT2D eigenvalue weighted by Gasteiger charge is -2.30. The molecule has 0 heterocycles. The zero-order valence-electron chi connectivity index (χ0n) is 20.7. The molecular weight excluding hydrogens is 464 g/mol. The van der Waals surface area contributed by atoms with Gasteiger partial charge < -0.3 is 14.8 Å². The van der Waals surface area contributed by atoms with E-state index >= 15 is 0 Å². The third-order valence-electron chi connectivity index (χ3n) is 5.70. The molecule has 35 heavy (non-hydrogen) atoms. The average molecular weight is 497 g/mol. The molecule has 0 aliphatic heterocycles. The van der Waals surface area contributed by atoms with E-state index in [1.165, 1.54) is 0 Å². The molecule has 2 atom stereocenters. The van der Waals surface area contributed by atoms with Crippen LogP contribution in [-0.4, -0.2) is 33.7 Å². The fourth-order valence-corrected chi connectivity index (χ4v) is 5.10. The first-order chi connectivity index (χ1) is 16.6.